The number of nitrogens with zero attached hydrogens (tertiary/aromatic N) is 1. The van der Waals surface area contributed by atoms with E-state index in [1.807, 2.05) is 35.2 Å². The molecular formula is C17H24NO2+. The lowest BCUT2D eigenvalue weighted by Crippen LogP contribution is -2.42. The van der Waals surface area contributed by atoms with Crippen LogP contribution < -0.4 is 4.57 Å². The van der Waals surface area contributed by atoms with Gasteiger partial charge in [0.25, 0.3) is 0 Å². The number of hydrogen-bond acceptors (Lipinski definition) is 2. The molecule has 1 aromatic rings. The molecule has 0 amide bonds. The van der Waals surface area contributed by atoms with Crippen LogP contribution in [-0.4, -0.2) is 12.1 Å². The van der Waals surface area contributed by atoms with Crippen LogP contribution in [-0.2, 0) is 16.1 Å². The van der Waals surface area contributed by atoms with Gasteiger partial charge in [-0.05, 0) is 30.6 Å². The van der Waals surface area contributed by atoms with Crippen LogP contribution in [0.2, 0.25) is 0 Å². The highest BCUT2D eigenvalue weighted by atomic mass is 16.5. The van der Waals surface area contributed by atoms with Gasteiger partial charge in [0.1, 0.15) is 6.10 Å². The van der Waals surface area contributed by atoms with Gasteiger partial charge in [0.05, 0.1) is 0 Å². The van der Waals surface area contributed by atoms with Crippen molar-refractivity contribution in [3.05, 3.63) is 30.6 Å². The quantitative estimate of drug-likeness (QED) is 0.626. The van der Waals surface area contributed by atoms with Crippen molar-refractivity contribution in [3.8, 4) is 0 Å². The average Bonchev–Trinajstić information content (AvgIpc) is 2.73. The molecule has 1 heterocycles. The second kappa shape index (κ2) is 4.57. The molecule has 3 nitrogen and oxygen atoms in total. The number of fused-ring (bicyclic) bond motifs is 2. The van der Waals surface area contributed by atoms with Crippen LogP contribution >= 0.6 is 0 Å². The molecule has 2 bridgehead atoms. The van der Waals surface area contributed by atoms with Crippen LogP contribution in [0.15, 0.2) is 30.6 Å². The van der Waals surface area contributed by atoms with Crippen molar-refractivity contribution in [1.82, 2.24) is 0 Å². The Morgan fingerprint density at radius 2 is 1.95 bits per heavy atom. The average molecular weight is 274 g/mol. The normalized spacial score (nSPS) is 34.1. The van der Waals surface area contributed by atoms with Gasteiger partial charge < -0.3 is 4.74 Å². The maximum atomic E-state index is 12.2. The van der Waals surface area contributed by atoms with Crippen LogP contribution in [0.4, 0.5) is 0 Å². The number of ether oxygens (including phenoxy) is 1. The first-order valence-electron chi connectivity index (χ1n) is 7.57. The van der Waals surface area contributed by atoms with E-state index in [2.05, 4.69) is 20.8 Å². The molecule has 2 aliphatic carbocycles. The van der Waals surface area contributed by atoms with Crippen molar-refractivity contribution < 1.29 is 14.1 Å². The molecule has 0 saturated heterocycles. The number of aromatic nitrogens is 1. The van der Waals surface area contributed by atoms with E-state index in [9.17, 15) is 4.79 Å². The first kappa shape index (κ1) is 13.6. The number of rotatable bonds is 3. The maximum absolute atomic E-state index is 12.2. The molecule has 3 atom stereocenters. The summed E-state index contributed by atoms with van der Waals surface area (Å²) in [6, 6.07) is 5.80. The Bertz CT molecular complexity index is 511. The smallest absolute Gasteiger partial charge is 0.372 e. The van der Waals surface area contributed by atoms with Crippen molar-refractivity contribution in [2.45, 2.75) is 52.7 Å². The highest BCUT2D eigenvalue weighted by Gasteiger charge is 2.62. The molecule has 1 aromatic heterocycles. The van der Waals surface area contributed by atoms with E-state index in [-0.39, 0.29) is 22.9 Å². The number of esters is 1. The number of hydrogen-bond donors (Lipinski definition) is 0. The molecule has 2 saturated carbocycles. The lowest BCUT2D eigenvalue weighted by Gasteiger charge is -2.38. The zero-order valence-electron chi connectivity index (χ0n) is 12.6. The Labute approximate surface area is 121 Å². The lowest BCUT2D eigenvalue weighted by molar-refractivity contribution is -0.686. The van der Waals surface area contributed by atoms with Crippen LogP contribution in [0.3, 0.4) is 0 Å². The SMILES string of the molecule is CC1(C)[C@H]2CC[C@]1(C)[C@H](OC(=O)C[n+]1ccccc1)C2. The highest BCUT2D eigenvalue weighted by Crippen LogP contribution is 2.66. The fraction of sp³-hybridized carbons (Fsp3) is 0.647. The summed E-state index contributed by atoms with van der Waals surface area (Å²) in [7, 11) is 0. The van der Waals surface area contributed by atoms with Crippen molar-refractivity contribution in [2.24, 2.45) is 16.7 Å². The van der Waals surface area contributed by atoms with Crippen molar-refractivity contribution in [1.29, 1.82) is 0 Å². The lowest BCUT2D eigenvalue weighted by atomic mass is 9.70. The number of pyridine rings is 1. The minimum absolute atomic E-state index is 0.0908. The molecule has 2 aliphatic rings. The van der Waals surface area contributed by atoms with Gasteiger partial charge in [0.15, 0.2) is 12.4 Å². The third-order valence-electron chi connectivity index (χ3n) is 6.08. The van der Waals surface area contributed by atoms with Gasteiger partial charge in [-0.25, -0.2) is 4.79 Å². The summed E-state index contributed by atoms with van der Waals surface area (Å²) in [6.07, 6.45) is 7.38. The molecule has 0 unspecified atom stereocenters. The van der Waals surface area contributed by atoms with Crippen molar-refractivity contribution >= 4 is 5.97 Å². The Hall–Kier alpha value is -1.38. The van der Waals surface area contributed by atoms with Gasteiger partial charge in [0.2, 0.25) is 6.54 Å². The van der Waals surface area contributed by atoms with E-state index in [1.165, 1.54) is 12.8 Å². The Kier molecular flexibility index (Phi) is 3.11. The predicted octanol–water partition coefficient (Wildman–Crippen LogP) is 2.73. The van der Waals surface area contributed by atoms with Crippen molar-refractivity contribution in [3.63, 3.8) is 0 Å². The van der Waals surface area contributed by atoms with Crippen LogP contribution in [0.25, 0.3) is 0 Å². The van der Waals surface area contributed by atoms with Gasteiger partial charge >= 0.3 is 5.97 Å². The topological polar surface area (TPSA) is 30.2 Å². The van der Waals surface area contributed by atoms with Gasteiger partial charge in [-0.1, -0.05) is 26.8 Å². The van der Waals surface area contributed by atoms with E-state index in [4.69, 9.17) is 4.74 Å². The summed E-state index contributed by atoms with van der Waals surface area (Å²) in [5.41, 5.74) is 0.437. The van der Waals surface area contributed by atoms with E-state index in [1.54, 1.807) is 0 Å². The second-order valence-corrected chi connectivity index (χ2v) is 7.14. The first-order chi connectivity index (χ1) is 9.43. The Morgan fingerprint density at radius 1 is 1.25 bits per heavy atom. The molecule has 2 fully saturated rings. The molecule has 3 rings (SSSR count). The number of carbonyl (C=O) groups is 1. The molecule has 3 heteroatoms. The van der Waals surface area contributed by atoms with Crippen LogP contribution in [0.5, 0.6) is 0 Å². The third kappa shape index (κ3) is 1.95. The fourth-order valence-corrected chi connectivity index (χ4v) is 4.19. The van der Waals surface area contributed by atoms with Crippen molar-refractivity contribution in [2.75, 3.05) is 0 Å². The molecular weight excluding hydrogens is 250 g/mol. The Morgan fingerprint density at radius 3 is 2.50 bits per heavy atom. The zero-order valence-corrected chi connectivity index (χ0v) is 12.6. The number of carbonyl (C=O) groups excluding carboxylic acids is 1. The van der Waals surface area contributed by atoms with Gasteiger partial charge in [-0.3, -0.25) is 0 Å². The molecule has 108 valence electrons. The van der Waals surface area contributed by atoms with E-state index < -0.39 is 0 Å². The van der Waals surface area contributed by atoms with E-state index >= 15 is 0 Å². The monoisotopic (exact) mass is 274 g/mol. The molecule has 0 N–H and O–H groups in total. The summed E-state index contributed by atoms with van der Waals surface area (Å²) >= 11 is 0. The molecule has 20 heavy (non-hydrogen) atoms. The van der Waals surface area contributed by atoms with Crippen LogP contribution in [0, 0.1) is 16.7 Å². The summed E-state index contributed by atoms with van der Waals surface area (Å²) < 4.78 is 7.69. The van der Waals surface area contributed by atoms with Gasteiger partial charge in [-0.15, -0.1) is 0 Å². The summed E-state index contributed by atoms with van der Waals surface area (Å²) in [5.74, 6) is 0.588. The highest BCUT2D eigenvalue weighted by molar-refractivity contribution is 5.68. The minimum Gasteiger partial charge on any atom is -0.457 e. The Balaban J connectivity index is 1.66. The summed E-state index contributed by atoms with van der Waals surface area (Å²) in [5, 5.41) is 0. The van der Waals surface area contributed by atoms with Gasteiger partial charge in [-0.2, -0.15) is 4.57 Å². The molecule has 0 aromatic carbocycles. The first-order valence-corrected chi connectivity index (χ1v) is 7.57. The third-order valence-corrected chi connectivity index (χ3v) is 6.08. The summed E-state index contributed by atoms with van der Waals surface area (Å²) in [4.78, 5) is 12.2. The van der Waals surface area contributed by atoms with Crippen LogP contribution in [0.1, 0.15) is 40.0 Å². The summed E-state index contributed by atoms with van der Waals surface area (Å²) in [6.45, 7) is 7.28. The largest absolute Gasteiger partial charge is 0.457 e. The molecule has 0 aliphatic heterocycles. The second-order valence-electron chi connectivity index (χ2n) is 7.14. The maximum Gasteiger partial charge on any atom is 0.372 e. The van der Waals surface area contributed by atoms with E-state index in [0.717, 1.165) is 6.42 Å². The zero-order chi connectivity index (χ0) is 14.4. The molecule has 0 spiro atoms. The predicted molar refractivity (Wildman–Crippen MR) is 75.7 cm³/mol. The minimum atomic E-state index is -0.115. The van der Waals surface area contributed by atoms with Gasteiger partial charge in [0, 0.05) is 17.5 Å². The van der Waals surface area contributed by atoms with E-state index in [0.29, 0.717) is 12.5 Å². The standard InChI is InChI=1S/C17H24NO2/c1-16(2)13-7-8-17(16,3)14(11-13)20-15(19)12-18-9-5-4-6-10-18/h4-6,9-10,13-14H,7-8,11-12H2,1-3H3/q+1/t13-,14+,17+/m0/s1. The molecule has 0 radical (unpaired) electrons. The fourth-order valence-electron chi connectivity index (χ4n) is 4.19.